The first kappa shape index (κ1) is 20.0. The van der Waals surface area contributed by atoms with Gasteiger partial charge >= 0.3 is 0 Å². The lowest BCUT2D eigenvalue weighted by Crippen LogP contribution is -1.92. The number of allylic oxidation sites excluding steroid dienone is 3. The molecule has 0 fully saturated rings. The number of ether oxygens (including phenoxy) is 2. The van der Waals surface area contributed by atoms with Gasteiger partial charge in [0.05, 0.1) is 7.11 Å². The van der Waals surface area contributed by atoms with Crippen LogP contribution in [-0.2, 0) is 11.2 Å². The molecule has 0 bridgehead atoms. The van der Waals surface area contributed by atoms with Crippen LogP contribution in [-0.4, -0.2) is 19.5 Å². The van der Waals surface area contributed by atoms with Gasteiger partial charge in [-0.05, 0) is 59.5 Å². The zero-order valence-electron chi connectivity index (χ0n) is 15.6. The van der Waals surface area contributed by atoms with E-state index in [1.165, 1.54) is 0 Å². The van der Waals surface area contributed by atoms with Crippen LogP contribution in [0.4, 0.5) is 0 Å². The van der Waals surface area contributed by atoms with Gasteiger partial charge in [-0.25, -0.2) is 0 Å². The predicted molar refractivity (Wildman–Crippen MR) is 112 cm³/mol. The first-order valence-corrected chi connectivity index (χ1v) is 8.68. The van der Waals surface area contributed by atoms with Crippen LogP contribution in [0.5, 0.6) is 11.5 Å². The normalized spacial score (nSPS) is 10.9. The molecule has 0 aliphatic carbocycles. The fraction of sp³-hybridized carbons (Fsp3) is 0.125. The van der Waals surface area contributed by atoms with E-state index in [1.54, 1.807) is 37.5 Å². The van der Waals surface area contributed by atoms with Gasteiger partial charge in [-0.2, -0.15) is 0 Å². The summed E-state index contributed by atoms with van der Waals surface area (Å²) in [6.45, 7) is 7.84. The van der Waals surface area contributed by atoms with Crippen molar-refractivity contribution in [3.63, 3.8) is 0 Å². The van der Waals surface area contributed by atoms with Crippen LogP contribution in [0.1, 0.15) is 16.7 Å². The van der Waals surface area contributed by atoms with E-state index < -0.39 is 0 Å². The van der Waals surface area contributed by atoms with Gasteiger partial charge in [0, 0.05) is 0 Å². The quantitative estimate of drug-likeness (QED) is 0.427. The maximum atomic E-state index is 12.1. The highest BCUT2D eigenvalue weighted by Crippen LogP contribution is 2.21. The molecule has 0 N–H and O–H groups in total. The van der Waals surface area contributed by atoms with Crippen molar-refractivity contribution >= 4 is 17.9 Å². The minimum atomic E-state index is -0.0805. The van der Waals surface area contributed by atoms with E-state index in [2.05, 4.69) is 13.2 Å². The molecular weight excluding hydrogens is 336 g/mol. The Bertz CT molecular complexity index is 842. The average molecular weight is 360 g/mol. The summed E-state index contributed by atoms with van der Waals surface area (Å²) >= 11 is 0. The first-order valence-electron chi connectivity index (χ1n) is 8.68. The molecule has 0 atom stereocenters. The smallest absolute Gasteiger partial charge is 0.178 e. The molecule has 138 valence electrons. The van der Waals surface area contributed by atoms with Crippen LogP contribution in [0, 0.1) is 0 Å². The molecule has 0 aliphatic rings. The van der Waals surface area contributed by atoms with Crippen molar-refractivity contribution in [1.82, 2.24) is 0 Å². The lowest BCUT2D eigenvalue weighted by molar-refractivity contribution is -0.110. The molecule has 0 saturated heterocycles. The summed E-state index contributed by atoms with van der Waals surface area (Å²) < 4.78 is 10.8. The monoisotopic (exact) mass is 360 g/mol. The summed E-state index contributed by atoms with van der Waals surface area (Å²) in [5, 5.41) is 0. The molecule has 2 rings (SSSR count). The van der Waals surface area contributed by atoms with Crippen molar-refractivity contribution in [2.24, 2.45) is 0 Å². The summed E-state index contributed by atoms with van der Waals surface area (Å²) in [5.41, 5.74) is 2.91. The number of ketones is 1. The Hall–Kier alpha value is -3.33. The van der Waals surface area contributed by atoms with E-state index in [4.69, 9.17) is 9.47 Å². The van der Waals surface area contributed by atoms with Crippen LogP contribution in [0.2, 0.25) is 0 Å². The lowest BCUT2D eigenvalue weighted by atomic mass is 10.1. The highest BCUT2D eigenvalue weighted by molar-refractivity contribution is 6.04. The third-order valence-electron chi connectivity index (χ3n) is 3.80. The molecule has 3 heteroatoms. The minimum absolute atomic E-state index is 0.0805. The second-order valence-electron chi connectivity index (χ2n) is 5.80. The highest BCUT2D eigenvalue weighted by Gasteiger charge is 2.02. The molecule has 27 heavy (non-hydrogen) atoms. The lowest BCUT2D eigenvalue weighted by Gasteiger charge is -2.07. The fourth-order valence-electron chi connectivity index (χ4n) is 2.46. The van der Waals surface area contributed by atoms with Gasteiger partial charge in [0.15, 0.2) is 5.78 Å². The molecule has 0 amide bonds. The molecule has 2 aromatic carbocycles. The summed E-state index contributed by atoms with van der Waals surface area (Å²) in [4.78, 5) is 12.1. The molecule has 0 saturated carbocycles. The summed E-state index contributed by atoms with van der Waals surface area (Å²) in [6, 6.07) is 13.3. The van der Waals surface area contributed by atoms with Gasteiger partial charge in [0.25, 0.3) is 0 Å². The Morgan fingerprint density at radius 3 is 2.26 bits per heavy atom. The molecule has 0 spiro atoms. The third kappa shape index (κ3) is 6.48. The van der Waals surface area contributed by atoms with E-state index in [0.717, 1.165) is 28.2 Å². The Morgan fingerprint density at radius 2 is 1.63 bits per heavy atom. The predicted octanol–water partition coefficient (Wildman–Crippen LogP) is 5.28. The maximum Gasteiger partial charge on any atom is 0.178 e. The fourth-order valence-corrected chi connectivity index (χ4v) is 2.46. The first-order chi connectivity index (χ1) is 13.2. The number of benzene rings is 2. The summed E-state index contributed by atoms with van der Waals surface area (Å²) in [5.74, 6) is 1.51. The van der Waals surface area contributed by atoms with Crippen molar-refractivity contribution in [3.8, 4) is 11.5 Å². The summed E-state index contributed by atoms with van der Waals surface area (Å²) in [6.07, 6.45) is 10.9. The second kappa shape index (κ2) is 10.6. The average Bonchev–Trinajstić information content (AvgIpc) is 2.70. The number of hydrogen-bond donors (Lipinski definition) is 0. The van der Waals surface area contributed by atoms with Crippen molar-refractivity contribution in [2.75, 3.05) is 13.7 Å². The molecule has 0 heterocycles. The molecule has 3 nitrogen and oxygen atoms in total. The van der Waals surface area contributed by atoms with Gasteiger partial charge in [-0.15, -0.1) is 6.58 Å². The molecule has 0 aromatic heterocycles. The minimum Gasteiger partial charge on any atom is -0.496 e. The zero-order valence-corrected chi connectivity index (χ0v) is 15.6. The molecule has 0 unspecified atom stereocenters. The Morgan fingerprint density at radius 1 is 0.963 bits per heavy atom. The van der Waals surface area contributed by atoms with Gasteiger partial charge in [0.1, 0.15) is 18.1 Å². The zero-order chi connectivity index (χ0) is 19.5. The number of rotatable bonds is 10. The Kier molecular flexibility index (Phi) is 7.86. The van der Waals surface area contributed by atoms with Crippen molar-refractivity contribution in [2.45, 2.75) is 6.42 Å². The van der Waals surface area contributed by atoms with Crippen molar-refractivity contribution < 1.29 is 14.3 Å². The standard InChI is InChI=1S/C24H24O3/c1-4-6-21-18-20(11-16-24(21)26-3)8-13-22(25)12-7-19-9-14-23(15-10-19)27-17-5-2/h4-5,7-16,18H,1-2,6,17H2,3H3/b12-7+,13-8+. The van der Waals surface area contributed by atoms with Crippen LogP contribution >= 0.6 is 0 Å². The number of hydrogen-bond acceptors (Lipinski definition) is 3. The van der Waals surface area contributed by atoms with E-state index in [-0.39, 0.29) is 5.78 Å². The molecule has 2 aromatic rings. The largest absolute Gasteiger partial charge is 0.496 e. The SMILES string of the molecule is C=CCOc1ccc(/C=C/C(=O)/C=C/c2ccc(OC)c(CC=C)c2)cc1. The van der Waals surface area contributed by atoms with Gasteiger partial charge in [0.2, 0.25) is 0 Å². The molecule has 0 aliphatic heterocycles. The number of carbonyl (C=O) groups is 1. The molecular formula is C24H24O3. The third-order valence-corrected chi connectivity index (χ3v) is 3.80. The van der Waals surface area contributed by atoms with Gasteiger partial charge in [-0.3, -0.25) is 4.79 Å². The number of carbonyl (C=O) groups excluding carboxylic acids is 1. The number of methoxy groups -OCH3 is 1. The molecule has 0 radical (unpaired) electrons. The van der Waals surface area contributed by atoms with Crippen molar-refractivity contribution in [3.05, 3.63) is 96.6 Å². The second-order valence-corrected chi connectivity index (χ2v) is 5.80. The van der Waals surface area contributed by atoms with Gasteiger partial charge < -0.3 is 9.47 Å². The van der Waals surface area contributed by atoms with E-state index in [0.29, 0.717) is 13.0 Å². The Balaban J connectivity index is 2.00. The van der Waals surface area contributed by atoms with Gasteiger partial charge in [-0.1, -0.05) is 49.1 Å². The highest BCUT2D eigenvalue weighted by atomic mass is 16.5. The van der Waals surface area contributed by atoms with E-state index in [9.17, 15) is 4.79 Å². The van der Waals surface area contributed by atoms with Crippen LogP contribution in [0.15, 0.2) is 79.9 Å². The van der Waals surface area contributed by atoms with Crippen LogP contribution < -0.4 is 9.47 Å². The summed E-state index contributed by atoms with van der Waals surface area (Å²) in [7, 11) is 1.64. The van der Waals surface area contributed by atoms with E-state index in [1.807, 2.05) is 48.5 Å². The Labute approximate surface area is 160 Å². The van der Waals surface area contributed by atoms with E-state index >= 15 is 0 Å². The maximum absolute atomic E-state index is 12.1. The van der Waals surface area contributed by atoms with Crippen LogP contribution in [0.3, 0.4) is 0 Å². The van der Waals surface area contributed by atoms with Crippen LogP contribution in [0.25, 0.3) is 12.2 Å². The topological polar surface area (TPSA) is 35.5 Å². The van der Waals surface area contributed by atoms with Crippen molar-refractivity contribution in [1.29, 1.82) is 0 Å².